The molecular weight excluding hydrogens is 404 g/mol. The highest BCUT2D eigenvalue weighted by molar-refractivity contribution is 7.90. The van der Waals surface area contributed by atoms with E-state index in [1.54, 1.807) is 0 Å². The van der Waals surface area contributed by atoms with Crippen molar-refractivity contribution in [3.8, 4) is 11.3 Å². The molecule has 150 valence electrons. The SMILES string of the molecule is CCc1oc(C(O)(C(F)(F)F)C(F)(F)F)nc1-c1ccc(S(C)(=O)=O)cc1. The van der Waals surface area contributed by atoms with Crippen LogP contribution in [0.15, 0.2) is 33.6 Å². The maximum Gasteiger partial charge on any atom is 0.435 e. The Morgan fingerprint density at radius 1 is 1.04 bits per heavy atom. The monoisotopic (exact) mass is 417 g/mol. The van der Waals surface area contributed by atoms with Crippen molar-refractivity contribution < 1.29 is 44.3 Å². The van der Waals surface area contributed by atoms with E-state index in [1.165, 1.54) is 6.92 Å². The molecule has 1 heterocycles. The lowest BCUT2D eigenvalue weighted by atomic mass is 10.0. The van der Waals surface area contributed by atoms with E-state index in [0.717, 1.165) is 30.5 Å². The normalized spacial score (nSPS) is 13.8. The van der Waals surface area contributed by atoms with Crippen molar-refractivity contribution in [1.82, 2.24) is 4.98 Å². The van der Waals surface area contributed by atoms with E-state index in [0.29, 0.717) is 0 Å². The molecule has 0 amide bonds. The van der Waals surface area contributed by atoms with Crippen LogP contribution in [0.4, 0.5) is 26.3 Å². The molecule has 0 aliphatic carbocycles. The van der Waals surface area contributed by atoms with Crippen molar-refractivity contribution >= 4 is 9.84 Å². The fourth-order valence-corrected chi connectivity index (χ4v) is 2.87. The van der Waals surface area contributed by atoms with E-state index in [1.807, 2.05) is 0 Å². The Morgan fingerprint density at radius 3 is 1.89 bits per heavy atom. The third-order valence-corrected chi connectivity index (χ3v) is 4.83. The smallest absolute Gasteiger partial charge is 0.435 e. The Hall–Kier alpha value is -2.08. The van der Waals surface area contributed by atoms with Gasteiger partial charge in [0.05, 0.1) is 4.90 Å². The Labute approximate surface area is 149 Å². The number of rotatable bonds is 4. The topological polar surface area (TPSA) is 80.4 Å². The summed E-state index contributed by atoms with van der Waals surface area (Å²) in [6.45, 7) is 1.40. The standard InChI is InChI=1S/C15H13F6NO4S/c1-3-10-11(8-4-6-9(7-5-8)27(2,24)25)22-12(26-10)13(23,14(16,17)18)15(19,20)21/h4-7,23H,3H2,1-2H3. The lowest BCUT2D eigenvalue weighted by molar-refractivity contribution is -0.382. The van der Waals surface area contributed by atoms with E-state index < -0.39 is 33.7 Å². The molecule has 0 aliphatic heterocycles. The first-order valence-electron chi connectivity index (χ1n) is 7.29. The van der Waals surface area contributed by atoms with Gasteiger partial charge in [-0.1, -0.05) is 19.1 Å². The summed E-state index contributed by atoms with van der Waals surface area (Å²) in [6, 6.07) is 4.57. The number of hydrogen-bond donors (Lipinski definition) is 1. The van der Waals surface area contributed by atoms with E-state index in [2.05, 4.69) is 9.40 Å². The van der Waals surface area contributed by atoms with E-state index in [-0.39, 0.29) is 28.3 Å². The van der Waals surface area contributed by atoms with Gasteiger partial charge in [-0.2, -0.15) is 26.3 Å². The molecule has 2 rings (SSSR count). The molecule has 0 unspecified atom stereocenters. The maximum atomic E-state index is 13.0. The predicted molar refractivity (Wildman–Crippen MR) is 80.4 cm³/mol. The van der Waals surface area contributed by atoms with Crippen LogP contribution in [0.1, 0.15) is 18.6 Å². The minimum absolute atomic E-state index is 0.0287. The van der Waals surface area contributed by atoms with Crippen LogP contribution >= 0.6 is 0 Å². The highest BCUT2D eigenvalue weighted by Crippen LogP contribution is 2.50. The largest absolute Gasteiger partial charge is 0.441 e. The van der Waals surface area contributed by atoms with Crippen molar-refractivity contribution in [1.29, 1.82) is 0 Å². The molecule has 0 aliphatic rings. The van der Waals surface area contributed by atoms with Crippen LogP contribution in [-0.4, -0.2) is 37.1 Å². The lowest BCUT2D eigenvalue weighted by Crippen LogP contribution is -2.54. The average molecular weight is 417 g/mol. The average Bonchev–Trinajstić information content (AvgIpc) is 2.95. The molecule has 1 aromatic heterocycles. The van der Waals surface area contributed by atoms with Gasteiger partial charge >= 0.3 is 18.0 Å². The van der Waals surface area contributed by atoms with Crippen LogP contribution in [0.25, 0.3) is 11.3 Å². The zero-order valence-corrected chi connectivity index (χ0v) is 14.6. The summed E-state index contributed by atoms with van der Waals surface area (Å²) in [5, 5.41) is 9.40. The van der Waals surface area contributed by atoms with Crippen LogP contribution in [0.2, 0.25) is 0 Å². The van der Waals surface area contributed by atoms with Crippen LogP contribution in [0, 0.1) is 0 Å². The van der Waals surface area contributed by atoms with E-state index in [4.69, 9.17) is 0 Å². The Balaban J connectivity index is 2.64. The van der Waals surface area contributed by atoms with Gasteiger partial charge in [0.2, 0.25) is 5.89 Å². The summed E-state index contributed by atoms with van der Waals surface area (Å²) in [6.07, 6.45) is -11.4. The molecule has 0 saturated carbocycles. The van der Waals surface area contributed by atoms with Gasteiger partial charge in [-0.05, 0) is 12.1 Å². The summed E-state index contributed by atoms with van der Waals surface area (Å²) in [5.41, 5.74) is -5.62. The summed E-state index contributed by atoms with van der Waals surface area (Å²) in [4.78, 5) is 3.14. The number of sulfone groups is 1. The molecular formula is C15H13F6NO4S. The van der Waals surface area contributed by atoms with E-state index in [9.17, 15) is 39.9 Å². The molecule has 0 bridgehead atoms. The number of halogens is 6. The molecule has 2 aromatic rings. The number of aliphatic hydroxyl groups is 1. The molecule has 0 fully saturated rings. The first kappa shape index (κ1) is 21.2. The zero-order chi connectivity index (χ0) is 20.8. The van der Waals surface area contributed by atoms with Gasteiger partial charge in [-0.25, -0.2) is 13.4 Å². The quantitative estimate of drug-likeness (QED) is 0.769. The van der Waals surface area contributed by atoms with Gasteiger partial charge < -0.3 is 9.52 Å². The number of aryl methyl sites for hydroxylation is 1. The first-order valence-corrected chi connectivity index (χ1v) is 9.18. The second kappa shape index (κ2) is 6.51. The Morgan fingerprint density at radius 2 is 1.52 bits per heavy atom. The molecule has 12 heteroatoms. The van der Waals surface area contributed by atoms with Gasteiger partial charge in [-0.3, -0.25) is 0 Å². The van der Waals surface area contributed by atoms with Gasteiger partial charge in [0.1, 0.15) is 11.5 Å². The Bertz CT molecular complexity index is 915. The van der Waals surface area contributed by atoms with Gasteiger partial charge in [0.25, 0.3) is 0 Å². The molecule has 5 nitrogen and oxygen atoms in total. The van der Waals surface area contributed by atoms with Crippen LogP contribution < -0.4 is 0 Å². The Kier molecular flexibility index (Phi) is 5.12. The lowest BCUT2D eigenvalue weighted by Gasteiger charge is -2.29. The number of alkyl halides is 6. The highest BCUT2D eigenvalue weighted by Gasteiger charge is 2.74. The van der Waals surface area contributed by atoms with E-state index >= 15 is 0 Å². The summed E-state index contributed by atoms with van der Waals surface area (Å²) in [5.74, 6) is -2.29. The molecule has 0 atom stereocenters. The van der Waals surface area contributed by atoms with Gasteiger partial charge in [0, 0.05) is 18.2 Å². The number of nitrogens with zero attached hydrogens (tertiary/aromatic N) is 1. The molecule has 1 aromatic carbocycles. The second-order valence-electron chi connectivity index (χ2n) is 5.65. The number of hydrogen-bond acceptors (Lipinski definition) is 5. The third-order valence-electron chi connectivity index (χ3n) is 3.70. The molecule has 0 saturated heterocycles. The third kappa shape index (κ3) is 3.68. The zero-order valence-electron chi connectivity index (χ0n) is 13.8. The fourth-order valence-electron chi connectivity index (χ4n) is 2.23. The fraction of sp³-hybridized carbons (Fsp3) is 0.400. The minimum atomic E-state index is -6.13. The van der Waals surface area contributed by atoms with Crippen LogP contribution in [0.5, 0.6) is 0 Å². The second-order valence-corrected chi connectivity index (χ2v) is 7.66. The maximum absolute atomic E-state index is 13.0. The molecule has 27 heavy (non-hydrogen) atoms. The number of benzene rings is 1. The number of aromatic nitrogens is 1. The first-order chi connectivity index (χ1) is 12.1. The van der Waals surface area contributed by atoms with Crippen LogP contribution in [0.3, 0.4) is 0 Å². The highest BCUT2D eigenvalue weighted by atomic mass is 32.2. The van der Waals surface area contributed by atoms with Crippen molar-refractivity contribution in [3.05, 3.63) is 35.9 Å². The summed E-state index contributed by atoms with van der Waals surface area (Å²) in [7, 11) is -3.56. The van der Waals surface area contributed by atoms with Crippen molar-refractivity contribution in [3.63, 3.8) is 0 Å². The summed E-state index contributed by atoms with van der Waals surface area (Å²) >= 11 is 0. The minimum Gasteiger partial charge on any atom is -0.441 e. The number of oxazole rings is 1. The van der Waals surface area contributed by atoms with Gasteiger partial charge in [0.15, 0.2) is 9.84 Å². The van der Waals surface area contributed by atoms with Crippen LogP contribution in [-0.2, 0) is 21.9 Å². The molecule has 1 N–H and O–H groups in total. The van der Waals surface area contributed by atoms with Crippen molar-refractivity contribution in [2.24, 2.45) is 0 Å². The predicted octanol–water partition coefficient (Wildman–Crippen LogP) is 3.62. The van der Waals surface area contributed by atoms with Crippen molar-refractivity contribution in [2.45, 2.75) is 36.2 Å². The molecule has 0 spiro atoms. The molecule has 0 radical (unpaired) electrons. The van der Waals surface area contributed by atoms with Gasteiger partial charge in [-0.15, -0.1) is 0 Å². The summed E-state index contributed by atoms with van der Waals surface area (Å²) < 4.78 is 105. The van der Waals surface area contributed by atoms with Crippen molar-refractivity contribution in [2.75, 3.05) is 6.26 Å².